The summed E-state index contributed by atoms with van der Waals surface area (Å²) in [5.41, 5.74) is 1.26. The van der Waals surface area contributed by atoms with E-state index in [9.17, 15) is 4.79 Å². The average molecular weight is 357 g/mol. The van der Waals surface area contributed by atoms with Gasteiger partial charge in [-0.05, 0) is 23.6 Å². The molecular weight excluding hydrogens is 342 g/mol. The summed E-state index contributed by atoms with van der Waals surface area (Å²) in [5, 5.41) is 11.8. The van der Waals surface area contributed by atoms with Crippen LogP contribution < -0.4 is 19.5 Å². The molecule has 1 aliphatic heterocycles. The van der Waals surface area contributed by atoms with E-state index < -0.39 is 0 Å². The molecule has 1 amide bonds. The smallest absolute Gasteiger partial charge is 0.257 e. The number of nitrogens with one attached hydrogen (secondary N) is 2. The topological polar surface area (TPSA) is 85.5 Å². The summed E-state index contributed by atoms with van der Waals surface area (Å²) in [6.45, 7) is 0.887. The molecule has 8 heteroatoms. The minimum Gasteiger partial charge on any atom is -0.493 e. The number of carbonyl (C=O) groups is 1. The first-order valence-corrected chi connectivity index (χ1v) is 8.51. The van der Waals surface area contributed by atoms with Gasteiger partial charge in [0.2, 0.25) is 5.75 Å². The lowest BCUT2D eigenvalue weighted by Gasteiger charge is -2.21. The maximum Gasteiger partial charge on any atom is 0.257 e. The first-order valence-electron chi connectivity index (χ1n) is 7.63. The maximum atomic E-state index is 12.5. The van der Waals surface area contributed by atoms with Crippen molar-refractivity contribution in [1.82, 2.24) is 10.2 Å². The number of hydrogen-bond acceptors (Lipinski definition) is 6. The van der Waals surface area contributed by atoms with Gasteiger partial charge in [-0.1, -0.05) is 6.07 Å². The molecule has 2 aromatic heterocycles. The Hall–Kier alpha value is -3.00. The molecule has 0 atom stereocenters. The van der Waals surface area contributed by atoms with Gasteiger partial charge in [-0.15, -0.1) is 11.3 Å². The Morgan fingerprint density at radius 2 is 2.20 bits per heavy atom. The van der Waals surface area contributed by atoms with Crippen LogP contribution in [0.15, 0.2) is 35.7 Å². The first kappa shape index (κ1) is 15.5. The molecular formula is C17H15N3O4S. The minimum absolute atomic E-state index is 0.306. The number of methoxy groups -OCH3 is 1. The molecule has 0 unspecified atom stereocenters. The number of anilines is 1. The van der Waals surface area contributed by atoms with E-state index in [-0.39, 0.29) is 5.91 Å². The van der Waals surface area contributed by atoms with E-state index in [1.807, 2.05) is 17.5 Å². The molecule has 1 aliphatic rings. The zero-order chi connectivity index (χ0) is 17.2. The van der Waals surface area contributed by atoms with Crippen molar-refractivity contribution in [2.45, 2.75) is 0 Å². The highest BCUT2D eigenvalue weighted by Gasteiger charge is 2.21. The highest BCUT2D eigenvalue weighted by molar-refractivity contribution is 7.13. The SMILES string of the molecule is COc1cc(C(=O)Nc2cc(-c3cccs3)[nH]n2)cc2c1OCCO2. The predicted octanol–water partition coefficient (Wildman–Crippen LogP) is 3.17. The van der Waals surface area contributed by atoms with Crippen molar-refractivity contribution in [3.63, 3.8) is 0 Å². The second-order valence-corrected chi connectivity index (χ2v) is 6.25. The Morgan fingerprint density at radius 1 is 1.32 bits per heavy atom. The normalized spacial score (nSPS) is 12.7. The number of benzene rings is 1. The summed E-state index contributed by atoms with van der Waals surface area (Å²) in [7, 11) is 1.52. The second kappa shape index (κ2) is 6.48. The lowest BCUT2D eigenvalue weighted by Crippen LogP contribution is -2.18. The number of aromatic amines is 1. The van der Waals surface area contributed by atoms with Gasteiger partial charge in [0.25, 0.3) is 5.91 Å². The molecule has 25 heavy (non-hydrogen) atoms. The Labute approximate surface area is 147 Å². The highest BCUT2D eigenvalue weighted by Crippen LogP contribution is 2.40. The van der Waals surface area contributed by atoms with Gasteiger partial charge in [0.05, 0.1) is 17.7 Å². The maximum absolute atomic E-state index is 12.5. The van der Waals surface area contributed by atoms with Crippen LogP contribution in [0, 0.1) is 0 Å². The van der Waals surface area contributed by atoms with Crippen LogP contribution in [-0.2, 0) is 0 Å². The van der Waals surface area contributed by atoms with Gasteiger partial charge >= 0.3 is 0 Å². The number of thiophene rings is 1. The summed E-state index contributed by atoms with van der Waals surface area (Å²) in [6, 6.07) is 8.99. The average Bonchev–Trinajstić information content (AvgIpc) is 3.32. The van der Waals surface area contributed by atoms with Gasteiger partial charge in [-0.25, -0.2) is 0 Å². The Morgan fingerprint density at radius 3 is 3.00 bits per heavy atom. The molecule has 0 fully saturated rings. The van der Waals surface area contributed by atoms with Crippen molar-refractivity contribution in [3.8, 4) is 27.8 Å². The fourth-order valence-corrected chi connectivity index (χ4v) is 3.23. The molecule has 0 bridgehead atoms. The van der Waals surface area contributed by atoms with E-state index in [0.717, 1.165) is 10.6 Å². The number of nitrogens with zero attached hydrogens (tertiary/aromatic N) is 1. The summed E-state index contributed by atoms with van der Waals surface area (Å²) in [6.07, 6.45) is 0. The molecule has 1 aromatic carbocycles. The molecule has 0 saturated carbocycles. The number of ether oxygens (including phenoxy) is 3. The third-order valence-corrected chi connectivity index (χ3v) is 4.60. The zero-order valence-corrected chi connectivity index (χ0v) is 14.2. The van der Waals surface area contributed by atoms with Crippen molar-refractivity contribution in [1.29, 1.82) is 0 Å². The molecule has 128 valence electrons. The van der Waals surface area contributed by atoms with Crippen LogP contribution in [0.1, 0.15) is 10.4 Å². The monoisotopic (exact) mass is 357 g/mol. The number of H-pyrrole nitrogens is 1. The van der Waals surface area contributed by atoms with Gasteiger partial charge in [-0.2, -0.15) is 5.10 Å². The van der Waals surface area contributed by atoms with Crippen LogP contribution in [0.5, 0.6) is 17.2 Å². The molecule has 3 heterocycles. The van der Waals surface area contributed by atoms with Gasteiger partial charge < -0.3 is 19.5 Å². The fourth-order valence-electron chi connectivity index (χ4n) is 2.54. The van der Waals surface area contributed by atoms with Crippen molar-refractivity contribution in [3.05, 3.63) is 41.3 Å². The molecule has 0 radical (unpaired) electrons. The summed E-state index contributed by atoms with van der Waals surface area (Å²) >= 11 is 1.59. The van der Waals surface area contributed by atoms with E-state index in [1.165, 1.54) is 7.11 Å². The molecule has 0 spiro atoms. The minimum atomic E-state index is -0.306. The van der Waals surface area contributed by atoms with Crippen LogP contribution in [0.4, 0.5) is 5.82 Å². The summed E-state index contributed by atoms with van der Waals surface area (Å²) < 4.78 is 16.4. The number of rotatable bonds is 4. The van der Waals surface area contributed by atoms with Crippen molar-refractivity contribution in [2.75, 3.05) is 25.6 Å². The van der Waals surface area contributed by atoms with Crippen LogP contribution in [-0.4, -0.2) is 36.4 Å². The highest BCUT2D eigenvalue weighted by atomic mass is 32.1. The van der Waals surface area contributed by atoms with Crippen molar-refractivity contribution < 1.29 is 19.0 Å². The van der Waals surface area contributed by atoms with Crippen LogP contribution >= 0.6 is 11.3 Å². The lowest BCUT2D eigenvalue weighted by atomic mass is 10.1. The largest absolute Gasteiger partial charge is 0.493 e. The third kappa shape index (κ3) is 3.03. The van der Waals surface area contributed by atoms with Gasteiger partial charge in [0.15, 0.2) is 17.3 Å². The van der Waals surface area contributed by atoms with Gasteiger partial charge in [0, 0.05) is 11.6 Å². The number of carbonyl (C=O) groups excluding carboxylic acids is 1. The number of amides is 1. The Bertz CT molecular complexity index is 888. The van der Waals surface area contributed by atoms with E-state index >= 15 is 0 Å². The van der Waals surface area contributed by atoms with E-state index in [1.54, 1.807) is 29.5 Å². The molecule has 4 rings (SSSR count). The molecule has 0 aliphatic carbocycles. The lowest BCUT2D eigenvalue weighted by molar-refractivity contribution is 0.102. The summed E-state index contributed by atoms with van der Waals surface area (Å²) in [5.74, 6) is 1.62. The fraction of sp³-hybridized carbons (Fsp3) is 0.176. The number of hydrogen-bond donors (Lipinski definition) is 2. The van der Waals surface area contributed by atoms with E-state index in [2.05, 4.69) is 15.5 Å². The summed E-state index contributed by atoms with van der Waals surface area (Å²) in [4.78, 5) is 13.6. The van der Waals surface area contributed by atoms with Crippen molar-refractivity contribution in [2.24, 2.45) is 0 Å². The quantitative estimate of drug-likeness (QED) is 0.749. The number of aromatic nitrogens is 2. The standard InChI is InChI=1S/C17H15N3O4S/c1-22-12-7-10(8-13-16(12)24-5-4-23-13)17(21)18-15-9-11(19-20-15)14-3-2-6-25-14/h2-3,6-9H,4-5H2,1H3,(H2,18,19,20,21). The van der Waals surface area contributed by atoms with Gasteiger partial charge in [0.1, 0.15) is 13.2 Å². The second-order valence-electron chi connectivity index (χ2n) is 5.30. The van der Waals surface area contributed by atoms with Gasteiger partial charge in [-0.3, -0.25) is 9.89 Å². The van der Waals surface area contributed by atoms with Crippen LogP contribution in [0.3, 0.4) is 0 Å². The van der Waals surface area contributed by atoms with E-state index in [4.69, 9.17) is 14.2 Å². The third-order valence-electron chi connectivity index (χ3n) is 3.70. The Kier molecular flexibility index (Phi) is 4.02. The Balaban J connectivity index is 1.57. The zero-order valence-electron chi connectivity index (χ0n) is 13.4. The number of fused-ring (bicyclic) bond motifs is 1. The molecule has 3 aromatic rings. The molecule has 2 N–H and O–H groups in total. The molecule has 0 saturated heterocycles. The van der Waals surface area contributed by atoms with Crippen LogP contribution in [0.2, 0.25) is 0 Å². The molecule has 7 nitrogen and oxygen atoms in total. The first-order chi connectivity index (χ1) is 12.2. The predicted molar refractivity (Wildman–Crippen MR) is 93.8 cm³/mol. The van der Waals surface area contributed by atoms with Crippen molar-refractivity contribution >= 4 is 23.1 Å². The van der Waals surface area contributed by atoms with E-state index in [0.29, 0.717) is 41.8 Å². The van der Waals surface area contributed by atoms with Crippen LogP contribution in [0.25, 0.3) is 10.6 Å².